The first-order chi connectivity index (χ1) is 11.7. The number of nitrogens with one attached hydrogen (secondary N) is 1. The van der Waals surface area contributed by atoms with Crippen LogP contribution in [-0.2, 0) is 14.2 Å². The number of nitrogens with two attached hydrogens (primary N) is 2. The summed E-state index contributed by atoms with van der Waals surface area (Å²) >= 11 is 0. The Morgan fingerprint density at radius 2 is 1.79 bits per heavy atom. The van der Waals surface area contributed by atoms with Crippen LogP contribution >= 0.6 is 0 Å². The van der Waals surface area contributed by atoms with Crippen LogP contribution in [0.25, 0.3) is 0 Å². The first kappa shape index (κ1) is 18.5. The number of nitrogens with zero attached hydrogens (tertiary/aromatic N) is 3. The Balaban J connectivity index is 1.78. The van der Waals surface area contributed by atoms with Crippen molar-refractivity contribution in [3.05, 3.63) is 24.4 Å². The van der Waals surface area contributed by atoms with Crippen LogP contribution in [0.5, 0.6) is 0 Å². The molecular formula is C15H28N6O3. The molecule has 0 radical (unpaired) electrons. The van der Waals surface area contributed by atoms with Crippen LogP contribution in [0.2, 0.25) is 0 Å². The van der Waals surface area contributed by atoms with Crippen LogP contribution in [0.3, 0.4) is 0 Å². The quantitative estimate of drug-likeness (QED) is 0.174. The van der Waals surface area contributed by atoms with Crippen LogP contribution in [0.15, 0.2) is 29.4 Å². The van der Waals surface area contributed by atoms with Crippen LogP contribution in [0.1, 0.15) is 0 Å². The minimum atomic E-state index is 0.294. The molecule has 2 heterocycles. The van der Waals surface area contributed by atoms with Gasteiger partial charge in [-0.05, 0) is 6.58 Å². The number of amidine groups is 1. The Hall–Kier alpha value is -1.81. The molecule has 0 bridgehead atoms. The second-order valence-electron chi connectivity index (χ2n) is 5.51. The number of aliphatic imine (C=N–C) groups is 1. The molecule has 0 aromatic carbocycles. The zero-order valence-electron chi connectivity index (χ0n) is 14.1. The highest BCUT2D eigenvalue weighted by Gasteiger charge is 2.12. The summed E-state index contributed by atoms with van der Waals surface area (Å²) in [6.07, 6.45) is 1.67. The lowest BCUT2D eigenvalue weighted by Gasteiger charge is -2.28. The minimum Gasteiger partial charge on any atom is -0.477 e. The van der Waals surface area contributed by atoms with Crippen molar-refractivity contribution in [3.8, 4) is 0 Å². The molecule has 2 fully saturated rings. The van der Waals surface area contributed by atoms with Crippen molar-refractivity contribution in [1.29, 1.82) is 0 Å². The average molecular weight is 340 g/mol. The summed E-state index contributed by atoms with van der Waals surface area (Å²) in [5, 5.41) is 0. The Labute approximate surface area is 142 Å². The zero-order chi connectivity index (χ0) is 17.2. The number of rotatable bonds is 7. The fourth-order valence-corrected chi connectivity index (χ4v) is 2.44. The van der Waals surface area contributed by atoms with Crippen molar-refractivity contribution < 1.29 is 14.2 Å². The summed E-state index contributed by atoms with van der Waals surface area (Å²) in [6.45, 7) is 11.3. The fourth-order valence-electron chi connectivity index (χ4n) is 2.44. The van der Waals surface area contributed by atoms with Crippen molar-refractivity contribution in [2.45, 2.75) is 0 Å². The molecule has 0 atom stereocenters. The molecule has 0 amide bonds. The highest BCUT2D eigenvalue weighted by atomic mass is 16.5. The van der Waals surface area contributed by atoms with Gasteiger partial charge in [-0.2, -0.15) is 4.99 Å². The van der Waals surface area contributed by atoms with E-state index in [4.69, 9.17) is 25.8 Å². The van der Waals surface area contributed by atoms with Gasteiger partial charge in [0.1, 0.15) is 18.3 Å². The van der Waals surface area contributed by atoms with Crippen LogP contribution in [0.4, 0.5) is 0 Å². The van der Waals surface area contributed by atoms with Crippen molar-refractivity contribution in [3.63, 3.8) is 0 Å². The molecule has 2 aliphatic heterocycles. The van der Waals surface area contributed by atoms with E-state index in [1.807, 2.05) is 4.90 Å². The van der Waals surface area contributed by atoms with E-state index in [9.17, 15) is 0 Å². The SMILES string of the molecule is C=C(/N=C(\C=C(/N)N1CCOCC1)NN)OCCN1CCOCC1. The van der Waals surface area contributed by atoms with Crippen molar-refractivity contribution in [1.82, 2.24) is 15.2 Å². The van der Waals surface area contributed by atoms with Gasteiger partial charge in [0.2, 0.25) is 5.88 Å². The summed E-state index contributed by atoms with van der Waals surface area (Å²) in [7, 11) is 0. The number of morpholine rings is 2. The van der Waals surface area contributed by atoms with Gasteiger partial charge in [0, 0.05) is 38.8 Å². The second-order valence-corrected chi connectivity index (χ2v) is 5.51. The monoisotopic (exact) mass is 340 g/mol. The van der Waals surface area contributed by atoms with Gasteiger partial charge in [-0.25, -0.2) is 5.84 Å². The van der Waals surface area contributed by atoms with Gasteiger partial charge in [0.15, 0.2) is 0 Å². The summed E-state index contributed by atoms with van der Waals surface area (Å²) in [5.74, 6) is 6.77. The molecule has 136 valence electrons. The van der Waals surface area contributed by atoms with Gasteiger partial charge in [-0.15, -0.1) is 0 Å². The fraction of sp³-hybridized carbons (Fsp3) is 0.667. The molecule has 0 spiro atoms. The van der Waals surface area contributed by atoms with Crippen LogP contribution in [-0.4, -0.2) is 81.4 Å². The highest BCUT2D eigenvalue weighted by Crippen LogP contribution is 2.04. The number of hydrazine groups is 1. The van der Waals surface area contributed by atoms with Gasteiger partial charge in [-0.3, -0.25) is 4.90 Å². The molecule has 5 N–H and O–H groups in total. The lowest BCUT2D eigenvalue weighted by atomic mass is 10.4. The highest BCUT2D eigenvalue weighted by molar-refractivity contribution is 5.93. The van der Waals surface area contributed by atoms with E-state index < -0.39 is 0 Å². The summed E-state index contributed by atoms with van der Waals surface area (Å²) in [5.41, 5.74) is 8.58. The average Bonchev–Trinajstić information content (AvgIpc) is 2.62. The molecule has 2 aliphatic rings. The molecule has 9 nitrogen and oxygen atoms in total. The van der Waals surface area contributed by atoms with Crippen molar-refractivity contribution >= 4 is 5.84 Å². The van der Waals surface area contributed by atoms with Crippen LogP contribution < -0.4 is 17.0 Å². The van der Waals surface area contributed by atoms with Gasteiger partial charge < -0.3 is 30.3 Å². The van der Waals surface area contributed by atoms with Crippen molar-refractivity contribution in [2.75, 3.05) is 65.8 Å². The molecule has 2 rings (SSSR count). The maximum Gasteiger partial charge on any atom is 0.207 e. The first-order valence-electron chi connectivity index (χ1n) is 8.16. The third-order valence-corrected chi connectivity index (χ3v) is 3.83. The summed E-state index contributed by atoms with van der Waals surface area (Å²) < 4.78 is 16.1. The number of hydrogen-bond acceptors (Lipinski definition) is 8. The molecule has 0 aromatic heterocycles. The first-order valence-corrected chi connectivity index (χ1v) is 8.16. The smallest absolute Gasteiger partial charge is 0.207 e. The molecule has 0 aliphatic carbocycles. The van der Waals surface area contributed by atoms with E-state index in [0.717, 1.165) is 45.9 Å². The number of hydrogen-bond donors (Lipinski definition) is 3. The van der Waals surface area contributed by atoms with Gasteiger partial charge >= 0.3 is 0 Å². The lowest BCUT2D eigenvalue weighted by Crippen LogP contribution is -2.39. The van der Waals surface area contributed by atoms with E-state index >= 15 is 0 Å². The topological polar surface area (TPSA) is 111 Å². The predicted molar refractivity (Wildman–Crippen MR) is 91.8 cm³/mol. The van der Waals surface area contributed by atoms with Gasteiger partial charge in [0.25, 0.3) is 0 Å². The summed E-state index contributed by atoms with van der Waals surface area (Å²) in [4.78, 5) is 8.51. The zero-order valence-corrected chi connectivity index (χ0v) is 14.1. The third-order valence-electron chi connectivity index (χ3n) is 3.83. The summed E-state index contributed by atoms with van der Waals surface area (Å²) in [6, 6.07) is 0. The molecule has 9 heteroatoms. The lowest BCUT2D eigenvalue weighted by molar-refractivity contribution is 0.0275. The normalized spacial score (nSPS) is 20.8. The van der Waals surface area contributed by atoms with Crippen molar-refractivity contribution in [2.24, 2.45) is 16.6 Å². The Morgan fingerprint density at radius 1 is 1.17 bits per heavy atom. The Kier molecular flexibility index (Phi) is 7.83. The standard InChI is InChI=1S/C15H28N6O3/c1-13(24-11-4-20-2-7-22-8-3-20)18-15(19-17)12-14(16)21-5-9-23-10-6-21/h12H,1-11,16-17H2,(H,18,19)/b14-12+. The van der Waals surface area contributed by atoms with E-state index in [0.29, 0.717) is 37.4 Å². The van der Waals surface area contributed by atoms with E-state index in [1.165, 1.54) is 0 Å². The van der Waals surface area contributed by atoms with E-state index in [1.54, 1.807) is 6.08 Å². The largest absolute Gasteiger partial charge is 0.477 e. The molecule has 24 heavy (non-hydrogen) atoms. The van der Waals surface area contributed by atoms with Gasteiger partial charge in [0.05, 0.1) is 26.4 Å². The Morgan fingerprint density at radius 3 is 2.42 bits per heavy atom. The van der Waals surface area contributed by atoms with Crippen LogP contribution in [0, 0.1) is 0 Å². The third kappa shape index (κ3) is 6.36. The minimum absolute atomic E-state index is 0.294. The molecule has 2 saturated heterocycles. The molecule has 0 unspecified atom stereocenters. The maximum atomic E-state index is 6.06. The second kappa shape index (κ2) is 10.1. The number of ether oxygens (including phenoxy) is 3. The molecule has 0 aromatic rings. The van der Waals surface area contributed by atoms with Gasteiger partial charge in [-0.1, -0.05) is 0 Å². The predicted octanol–water partition coefficient (Wildman–Crippen LogP) is -1.20. The molecule has 0 saturated carbocycles. The Bertz CT molecular complexity index is 456. The maximum absolute atomic E-state index is 6.06. The molecular weight excluding hydrogens is 312 g/mol. The van der Waals surface area contributed by atoms with E-state index in [2.05, 4.69) is 21.9 Å². The van der Waals surface area contributed by atoms with E-state index in [-0.39, 0.29) is 0 Å².